The van der Waals surface area contributed by atoms with Gasteiger partial charge in [-0.1, -0.05) is 12.8 Å². The van der Waals surface area contributed by atoms with Crippen molar-refractivity contribution in [2.45, 2.75) is 31.7 Å². The molecule has 1 atom stereocenters. The van der Waals surface area contributed by atoms with Gasteiger partial charge in [0.15, 0.2) is 0 Å². The molecule has 0 unspecified atom stereocenters. The van der Waals surface area contributed by atoms with E-state index in [1.165, 1.54) is 12.8 Å². The quantitative estimate of drug-likeness (QED) is 0.638. The van der Waals surface area contributed by atoms with Gasteiger partial charge in [0.05, 0.1) is 0 Å². The van der Waals surface area contributed by atoms with Crippen LogP contribution in [0, 0.1) is 5.92 Å². The lowest BCUT2D eigenvalue weighted by Gasteiger charge is -2.17. The lowest BCUT2D eigenvalue weighted by atomic mass is 9.99. The molecule has 0 radical (unpaired) electrons. The number of carboxylic acids is 1. The summed E-state index contributed by atoms with van der Waals surface area (Å²) in [6.07, 6.45) is 4.52. The van der Waals surface area contributed by atoms with Crippen LogP contribution >= 0.6 is 0 Å². The SMILES string of the molecule is CN[C@@H](C(=O)O)C1CCCC1. The van der Waals surface area contributed by atoms with Crippen molar-refractivity contribution in [3.63, 3.8) is 0 Å². The second kappa shape index (κ2) is 3.72. The molecule has 0 amide bonds. The average Bonchev–Trinajstić information content (AvgIpc) is 2.40. The van der Waals surface area contributed by atoms with E-state index in [0.29, 0.717) is 5.92 Å². The van der Waals surface area contributed by atoms with Crippen molar-refractivity contribution in [2.75, 3.05) is 7.05 Å². The molecular weight excluding hydrogens is 142 g/mol. The van der Waals surface area contributed by atoms with Gasteiger partial charge in [0.1, 0.15) is 6.04 Å². The molecule has 0 saturated heterocycles. The average molecular weight is 157 g/mol. The minimum Gasteiger partial charge on any atom is -0.480 e. The van der Waals surface area contributed by atoms with Crippen molar-refractivity contribution in [3.05, 3.63) is 0 Å². The first-order valence-electron chi connectivity index (χ1n) is 4.15. The van der Waals surface area contributed by atoms with Crippen molar-refractivity contribution in [3.8, 4) is 0 Å². The van der Waals surface area contributed by atoms with Gasteiger partial charge in [-0.3, -0.25) is 4.79 Å². The normalized spacial score (nSPS) is 21.9. The number of carboxylic acid groups (broad SMARTS) is 1. The molecule has 1 aliphatic rings. The largest absolute Gasteiger partial charge is 0.480 e. The van der Waals surface area contributed by atoms with Gasteiger partial charge in [-0.15, -0.1) is 0 Å². The molecule has 0 heterocycles. The summed E-state index contributed by atoms with van der Waals surface area (Å²) in [6, 6.07) is -0.322. The number of hydrogen-bond donors (Lipinski definition) is 2. The summed E-state index contributed by atoms with van der Waals surface area (Å²) < 4.78 is 0. The monoisotopic (exact) mass is 157 g/mol. The molecule has 0 aromatic rings. The first-order valence-corrected chi connectivity index (χ1v) is 4.15. The summed E-state index contributed by atoms with van der Waals surface area (Å²) in [5, 5.41) is 11.6. The Labute approximate surface area is 66.8 Å². The van der Waals surface area contributed by atoms with E-state index in [1.54, 1.807) is 7.05 Å². The maximum atomic E-state index is 10.7. The molecule has 0 aromatic carbocycles. The van der Waals surface area contributed by atoms with Crippen LogP contribution in [0.2, 0.25) is 0 Å². The first kappa shape index (κ1) is 8.53. The summed E-state index contributed by atoms with van der Waals surface area (Å²) >= 11 is 0. The molecule has 0 aliphatic heterocycles. The molecule has 1 saturated carbocycles. The van der Waals surface area contributed by atoms with E-state index >= 15 is 0 Å². The van der Waals surface area contributed by atoms with E-state index < -0.39 is 5.97 Å². The van der Waals surface area contributed by atoms with Crippen molar-refractivity contribution < 1.29 is 9.90 Å². The third-order valence-electron chi connectivity index (χ3n) is 2.45. The minimum atomic E-state index is -0.709. The Kier molecular flexibility index (Phi) is 2.88. The van der Waals surface area contributed by atoms with Crippen molar-refractivity contribution in [1.29, 1.82) is 0 Å². The van der Waals surface area contributed by atoms with Crippen LogP contribution in [0.25, 0.3) is 0 Å². The summed E-state index contributed by atoms with van der Waals surface area (Å²) in [4.78, 5) is 10.7. The van der Waals surface area contributed by atoms with Crippen LogP contribution in [-0.2, 0) is 4.79 Å². The molecule has 0 spiro atoms. The van der Waals surface area contributed by atoms with E-state index in [2.05, 4.69) is 5.32 Å². The predicted molar refractivity (Wildman–Crippen MR) is 42.4 cm³/mol. The molecule has 0 aromatic heterocycles. The highest BCUT2D eigenvalue weighted by Gasteiger charge is 2.28. The van der Waals surface area contributed by atoms with Crippen molar-refractivity contribution in [1.82, 2.24) is 5.32 Å². The van der Waals surface area contributed by atoms with Crippen molar-refractivity contribution >= 4 is 5.97 Å². The zero-order valence-electron chi connectivity index (χ0n) is 6.84. The fraction of sp³-hybridized carbons (Fsp3) is 0.875. The first-order chi connectivity index (χ1) is 5.25. The predicted octanol–water partition coefficient (Wildman–Crippen LogP) is 0.849. The second-order valence-electron chi connectivity index (χ2n) is 3.15. The smallest absolute Gasteiger partial charge is 0.320 e. The number of likely N-dealkylation sites (N-methyl/N-ethyl adjacent to an activating group) is 1. The summed E-state index contributed by atoms with van der Waals surface area (Å²) in [7, 11) is 1.72. The number of hydrogen-bond acceptors (Lipinski definition) is 2. The molecule has 1 aliphatic carbocycles. The molecule has 64 valence electrons. The van der Waals surface area contributed by atoms with E-state index in [-0.39, 0.29) is 6.04 Å². The molecule has 0 bridgehead atoms. The van der Waals surface area contributed by atoms with Crippen LogP contribution in [0.15, 0.2) is 0 Å². The second-order valence-corrected chi connectivity index (χ2v) is 3.15. The van der Waals surface area contributed by atoms with Crippen LogP contribution in [0.3, 0.4) is 0 Å². The maximum Gasteiger partial charge on any atom is 0.320 e. The van der Waals surface area contributed by atoms with Crippen LogP contribution < -0.4 is 5.32 Å². The third-order valence-corrected chi connectivity index (χ3v) is 2.45. The maximum absolute atomic E-state index is 10.7. The molecule has 2 N–H and O–H groups in total. The summed E-state index contributed by atoms with van der Waals surface area (Å²) in [5.41, 5.74) is 0. The van der Waals surface area contributed by atoms with Gasteiger partial charge >= 0.3 is 5.97 Å². The number of rotatable bonds is 3. The lowest BCUT2D eigenvalue weighted by Crippen LogP contribution is -2.39. The van der Waals surface area contributed by atoms with Gasteiger partial charge < -0.3 is 10.4 Å². The Hall–Kier alpha value is -0.570. The number of aliphatic carboxylic acids is 1. The molecule has 3 nitrogen and oxygen atoms in total. The van der Waals surface area contributed by atoms with E-state index in [1.807, 2.05) is 0 Å². The van der Waals surface area contributed by atoms with Gasteiger partial charge in [0, 0.05) is 0 Å². The Balaban J connectivity index is 2.46. The number of nitrogens with one attached hydrogen (secondary N) is 1. The standard InChI is InChI=1S/C8H15NO2/c1-9-7(8(10)11)6-4-2-3-5-6/h6-7,9H,2-5H2,1H3,(H,10,11)/t7-/m1/s1. The summed E-state index contributed by atoms with van der Waals surface area (Å²) in [6.45, 7) is 0. The molecule has 11 heavy (non-hydrogen) atoms. The Morgan fingerprint density at radius 2 is 2.09 bits per heavy atom. The molecule has 3 heteroatoms. The van der Waals surface area contributed by atoms with Gasteiger partial charge in [0.25, 0.3) is 0 Å². The Morgan fingerprint density at radius 3 is 2.45 bits per heavy atom. The van der Waals surface area contributed by atoms with Crippen LogP contribution in [0.5, 0.6) is 0 Å². The van der Waals surface area contributed by atoms with Crippen molar-refractivity contribution in [2.24, 2.45) is 5.92 Å². The van der Waals surface area contributed by atoms with Gasteiger partial charge in [0.2, 0.25) is 0 Å². The third kappa shape index (κ3) is 1.93. The lowest BCUT2D eigenvalue weighted by molar-refractivity contribution is -0.140. The molecule has 1 fully saturated rings. The Bertz CT molecular complexity index is 141. The Morgan fingerprint density at radius 1 is 1.55 bits per heavy atom. The zero-order valence-corrected chi connectivity index (χ0v) is 6.84. The van der Waals surface area contributed by atoms with Crippen LogP contribution in [0.4, 0.5) is 0 Å². The van der Waals surface area contributed by atoms with Crippen LogP contribution in [0.1, 0.15) is 25.7 Å². The number of carbonyl (C=O) groups is 1. The minimum absolute atomic E-state index is 0.322. The highest BCUT2D eigenvalue weighted by molar-refractivity contribution is 5.73. The van der Waals surface area contributed by atoms with Gasteiger partial charge in [-0.2, -0.15) is 0 Å². The molecule has 1 rings (SSSR count). The fourth-order valence-electron chi connectivity index (χ4n) is 1.85. The highest BCUT2D eigenvalue weighted by atomic mass is 16.4. The topological polar surface area (TPSA) is 49.3 Å². The van der Waals surface area contributed by atoms with E-state index in [4.69, 9.17) is 5.11 Å². The molecular formula is C8H15NO2. The van der Waals surface area contributed by atoms with Crippen LogP contribution in [-0.4, -0.2) is 24.2 Å². The zero-order chi connectivity index (χ0) is 8.27. The fourth-order valence-corrected chi connectivity index (χ4v) is 1.85. The van der Waals surface area contributed by atoms with E-state index in [0.717, 1.165) is 12.8 Å². The van der Waals surface area contributed by atoms with Gasteiger partial charge in [-0.05, 0) is 25.8 Å². The van der Waals surface area contributed by atoms with Gasteiger partial charge in [-0.25, -0.2) is 0 Å². The highest BCUT2D eigenvalue weighted by Crippen LogP contribution is 2.27. The summed E-state index contributed by atoms with van der Waals surface area (Å²) in [5.74, 6) is -0.350. The van der Waals surface area contributed by atoms with E-state index in [9.17, 15) is 4.79 Å².